The zero-order chi connectivity index (χ0) is 13.1. The van der Waals surface area contributed by atoms with Crippen LogP contribution in [0.3, 0.4) is 0 Å². The van der Waals surface area contributed by atoms with Crippen LogP contribution in [0.1, 0.15) is 42.7 Å². The molecule has 3 rings (SSSR count). The lowest BCUT2D eigenvalue weighted by Crippen LogP contribution is -2.31. The molecule has 0 bridgehead atoms. The highest BCUT2D eigenvalue weighted by Crippen LogP contribution is 2.42. The Morgan fingerprint density at radius 1 is 1.00 bits per heavy atom. The Labute approximate surface area is 114 Å². The molecule has 1 aromatic carbocycles. The lowest BCUT2D eigenvalue weighted by molar-refractivity contribution is -0.00595. The van der Waals surface area contributed by atoms with E-state index in [-0.39, 0.29) is 0 Å². The van der Waals surface area contributed by atoms with Crippen LogP contribution in [0.15, 0.2) is 54.9 Å². The third kappa shape index (κ3) is 2.54. The highest BCUT2D eigenvalue weighted by molar-refractivity contribution is 5.23. The van der Waals surface area contributed by atoms with E-state index in [0.717, 1.165) is 31.2 Å². The van der Waals surface area contributed by atoms with Gasteiger partial charge in [0.1, 0.15) is 0 Å². The van der Waals surface area contributed by atoms with Crippen LogP contribution in [0, 0.1) is 0 Å². The molecule has 0 aliphatic heterocycles. The molecule has 1 aliphatic carbocycles. The standard InChI is InChI=1S/C17H19NO/c19-17(16-7-4-12-18-13-16)10-8-15(9-11-17)14-5-2-1-3-6-14/h1-7,12-13,15,19H,8-11H2. The minimum Gasteiger partial charge on any atom is -0.385 e. The molecule has 1 aliphatic rings. The Kier molecular flexibility index (Phi) is 3.34. The molecule has 98 valence electrons. The predicted octanol–water partition coefficient (Wildman–Crippen LogP) is 3.63. The average molecular weight is 253 g/mol. The summed E-state index contributed by atoms with van der Waals surface area (Å²) in [6.07, 6.45) is 7.26. The van der Waals surface area contributed by atoms with Crippen LogP contribution in [-0.4, -0.2) is 10.1 Å². The highest BCUT2D eigenvalue weighted by Gasteiger charge is 2.35. The van der Waals surface area contributed by atoms with Crippen molar-refractivity contribution in [3.63, 3.8) is 0 Å². The van der Waals surface area contributed by atoms with Crippen molar-refractivity contribution in [1.82, 2.24) is 4.98 Å². The van der Waals surface area contributed by atoms with Gasteiger partial charge in [0.05, 0.1) is 5.60 Å². The predicted molar refractivity (Wildman–Crippen MR) is 75.8 cm³/mol. The molecule has 2 nitrogen and oxygen atoms in total. The zero-order valence-electron chi connectivity index (χ0n) is 11.0. The van der Waals surface area contributed by atoms with E-state index in [9.17, 15) is 5.11 Å². The van der Waals surface area contributed by atoms with Gasteiger partial charge in [0.15, 0.2) is 0 Å². The van der Waals surface area contributed by atoms with E-state index in [4.69, 9.17) is 0 Å². The molecule has 1 heterocycles. The van der Waals surface area contributed by atoms with E-state index in [1.54, 1.807) is 12.4 Å². The molecular formula is C17H19NO. The van der Waals surface area contributed by atoms with E-state index in [2.05, 4.69) is 35.3 Å². The molecule has 1 aromatic heterocycles. The molecular weight excluding hydrogens is 234 g/mol. The fraction of sp³-hybridized carbons (Fsp3) is 0.353. The number of hydrogen-bond acceptors (Lipinski definition) is 2. The summed E-state index contributed by atoms with van der Waals surface area (Å²) >= 11 is 0. The smallest absolute Gasteiger partial charge is 0.0911 e. The topological polar surface area (TPSA) is 33.1 Å². The first-order chi connectivity index (χ1) is 9.28. The second kappa shape index (κ2) is 5.14. The van der Waals surface area contributed by atoms with Gasteiger partial charge in [-0.1, -0.05) is 36.4 Å². The maximum atomic E-state index is 10.8. The Morgan fingerprint density at radius 2 is 1.74 bits per heavy atom. The number of aliphatic hydroxyl groups is 1. The van der Waals surface area contributed by atoms with Crippen LogP contribution in [0.5, 0.6) is 0 Å². The van der Waals surface area contributed by atoms with Crippen molar-refractivity contribution < 1.29 is 5.11 Å². The third-order valence-corrected chi connectivity index (χ3v) is 4.28. The Bertz CT molecular complexity index is 515. The molecule has 0 radical (unpaired) electrons. The summed E-state index contributed by atoms with van der Waals surface area (Å²) in [5.74, 6) is 0.582. The number of hydrogen-bond donors (Lipinski definition) is 1. The van der Waals surface area contributed by atoms with Gasteiger partial charge in [0.25, 0.3) is 0 Å². The molecule has 19 heavy (non-hydrogen) atoms. The number of benzene rings is 1. The lowest BCUT2D eigenvalue weighted by atomic mass is 9.73. The van der Waals surface area contributed by atoms with Crippen molar-refractivity contribution in [3.8, 4) is 0 Å². The highest BCUT2D eigenvalue weighted by atomic mass is 16.3. The first-order valence-corrected chi connectivity index (χ1v) is 6.96. The van der Waals surface area contributed by atoms with Gasteiger partial charge in [0.2, 0.25) is 0 Å². The van der Waals surface area contributed by atoms with E-state index in [1.165, 1.54) is 5.56 Å². The fourth-order valence-electron chi connectivity index (χ4n) is 3.08. The van der Waals surface area contributed by atoms with Crippen LogP contribution >= 0.6 is 0 Å². The molecule has 2 aromatic rings. The summed E-state index contributed by atoms with van der Waals surface area (Å²) < 4.78 is 0. The first-order valence-electron chi connectivity index (χ1n) is 6.96. The summed E-state index contributed by atoms with van der Waals surface area (Å²) in [4.78, 5) is 4.12. The van der Waals surface area contributed by atoms with E-state index in [0.29, 0.717) is 5.92 Å². The van der Waals surface area contributed by atoms with Gasteiger partial charge >= 0.3 is 0 Å². The number of aromatic nitrogens is 1. The molecule has 0 saturated heterocycles. The van der Waals surface area contributed by atoms with Gasteiger partial charge in [-0.25, -0.2) is 0 Å². The first kappa shape index (κ1) is 12.4. The molecule has 0 unspecified atom stereocenters. The minimum atomic E-state index is -0.681. The van der Waals surface area contributed by atoms with Crippen LogP contribution in [0.2, 0.25) is 0 Å². The van der Waals surface area contributed by atoms with Crippen molar-refractivity contribution in [2.24, 2.45) is 0 Å². The SMILES string of the molecule is OC1(c2cccnc2)CCC(c2ccccc2)CC1. The Balaban J connectivity index is 1.73. The van der Waals surface area contributed by atoms with Crippen LogP contribution in [0.25, 0.3) is 0 Å². The average Bonchev–Trinajstić information content (AvgIpc) is 2.50. The maximum absolute atomic E-state index is 10.8. The second-order valence-corrected chi connectivity index (χ2v) is 5.46. The molecule has 0 atom stereocenters. The molecule has 0 spiro atoms. The summed E-state index contributed by atoms with van der Waals surface area (Å²) in [5.41, 5.74) is 1.68. The number of rotatable bonds is 2. The monoisotopic (exact) mass is 253 g/mol. The van der Waals surface area contributed by atoms with E-state index in [1.807, 2.05) is 12.1 Å². The van der Waals surface area contributed by atoms with Crippen molar-refractivity contribution in [2.45, 2.75) is 37.2 Å². The van der Waals surface area contributed by atoms with Gasteiger partial charge in [-0.15, -0.1) is 0 Å². The normalized spacial score (nSPS) is 27.1. The lowest BCUT2D eigenvalue weighted by Gasteiger charge is -2.36. The maximum Gasteiger partial charge on any atom is 0.0911 e. The molecule has 1 N–H and O–H groups in total. The van der Waals surface area contributed by atoms with Crippen LogP contribution < -0.4 is 0 Å². The summed E-state index contributed by atoms with van der Waals surface area (Å²) in [5, 5.41) is 10.8. The number of pyridine rings is 1. The Morgan fingerprint density at radius 3 is 2.37 bits per heavy atom. The molecule has 1 saturated carbocycles. The fourth-order valence-corrected chi connectivity index (χ4v) is 3.08. The summed E-state index contributed by atoms with van der Waals surface area (Å²) in [6, 6.07) is 14.5. The number of nitrogens with zero attached hydrogens (tertiary/aromatic N) is 1. The largest absolute Gasteiger partial charge is 0.385 e. The zero-order valence-corrected chi connectivity index (χ0v) is 11.0. The van der Waals surface area contributed by atoms with Crippen molar-refractivity contribution in [2.75, 3.05) is 0 Å². The van der Waals surface area contributed by atoms with Gasteiger partial charge in [-0.05, 0) is 43.2 Å². The van der Waals surface area contributed by atoms with Gasteiger partial charge in [-0.3, -0.25) is 4.98 Å². The van der Waals surface area contributed by atoms with Gasteiger partial charge < -0.3 is 5.11 Å². The second-order valence-electron chi connectivity index (χ2n) is 5.46. The minimum absolute atomic E-state index is 0.582. The van der Waals surface area contributed by atoms with Gasteiger partial charge in [-0.2, -0.15) is 0 Å². The summed E-state index contributed by atoms with van der Waals surface area (Å²) in [7, 11) is 0. The third-order valence-electron chi connectivity index (χ3n) is 4.28. The van der Waals surface area contributed by atoms with Crippen molar-refractivity contribution in [3.05, 3.63) is 66.0 Å². The molecule has 2 heteroatoms. The molecule has 0 amide bonds. The summed E-state index contributed by atoms with van der Waals surface area (Å²) in [6.45, 7) is 0. The van der Waals surface area contributed by atoms with Crippen LogP contribution in [-0.2, 0) is 5.60 Å². The van der Waals surface area contributed by atoms with Gasteiger partial charge in [0, 0.05) is 18.0 Å². The van der Waals surface area contributed by atoms with E-state index >= 15 is 0 Å². The van der Waals surface area contributed by atoms with Crippen molar-refractivity contribution >= 4 is 0 Å². The molecule has 1 fully saturated rings. The Hall–Kier alpha value is -1.67. The van der Waals surface area contributed by atoms with Crippen LogP contribution in [0.4, 0.5) is 0 Å². The van der Waals surface area contributed by atoms with E-state index < -0.39 is 5.60 Å². The quantitative estimate of drug-likeness (QED) is 0.886. The van der Waals surface area contributed by atoms with Crippen molar-refractivity contribution in [1.29, 1.82) is 0 Å².